The van der Waals surface area contributed by atoms with Crippen molar-refractivity contribution in [2.45, 2.75) is 0 Å². The van der Waals surface area contributed by atoms with E-state index in [1.54, 1.807) is 24.3 Å². The van der Waals surface area contributed by atoms with Gasteiger partial charge in [0.05, 0.1) is 0 Å². The molecule has 0 bridgehead atoms. The average molecular weight is 150 g/mol. The van der Waals surface area contributed by atoms with Crippen LogP contribution in [-0.4, -0.2) is 5.11 Å². The fraction of sp³-hybridized carbons (Fsp3) is 0. The second-order valence-corrected chi connectivity index (χ2v) is 1.34. The molecule has 0 saturated heterocycles. The number of aromatic hydroxyl groups is 1. The third-order valence-corrected chi connectivity index (χ3v) is 0.756. The predicted molar refractivity (Wildman–Crippen MR) is 28.1 cm³/mol. The van der Waals surface area contributed by atoms with Crippen LogP contribution in [-0.2, 0) is 17.1 Å². The monoisotopic (exact) mass is 150 g/mol. The number of para-hydroxylation sites is 1. The molecule has 0 radical (unpaired) electrons. The maximum atomic E-state index is 8.63. The van der Waals surface area contributed by atoms with Crippen LogP contribution in [0.4, 0.5) is 0 Å². The van der Waals surface area contributed by atoms with Gasteiger partial charge in [-0.05, 0) is 12.1 Å². The first-order valence-corrected chi connectivity index (χ1v) is 2.13. The number of phenols is 1. The van der Waals surface area contributed by atoms with Crippen molar-refractivity contribution < 1.29 is 22.2 Å². The van der Waals surface area contributed by atoms with E-state index < -0.39 is 0 Å². The van der Waals surface area contributed by atoms with E-state index in [1.165, 1.54) is 0 Å². The Morgan fingerprint density at radius 3 is 1.75 bits per heavy atom. The Bertz CT molecular complexity index is 138. The summed E-state index contributed by atoms with van der Waals surface area (Å²) in [6.07, 6.45) is 0. The zero-order valence-electron chi connectivity index (χ0n) is 4.19. The molecule has 8 heavy (non-hydrogen) atoms. The summed E-state index contributed by atoms with van der Waals surface area (Å²) >= 11 is 0. The maximum absolute atomic E-state index is 8.63. The minimum Gasteiger partial charge on any atom is -0.508 e. The van der Waals surface area contributed by atoms with E-state index in [9.17, 15) is 0 Å². The summed E-state index contributed by atoms with van der Waals surface area (Å²) in [7, 11) is 0. The standard InChI is InChI=1S/C6H6O.Fe/c7-6-4-2-1-3-5-6;/h1-5,7H;/q;+2. The van der Waals surface area contributed by atoms with Crippen LogP contribution < -0.4 is 0 Å². The molecular formula is C6H6FeO+2. The summed E-state index contributed by atoms with van der Waals surface area (Å²) in [5.74, 6) is 0.322. The van der Waals surface area contributed by atoms with Crippen molar-refractivity contribution in [1.29, 1.82) is 0 Å². The Kier molecular flexibility index (Phi) is 3.33. The molecule has 2 heteroatoms. The van der Waals surface area contributed by atoms with Gasteiger partial charge in [0, 0.05) is 0 Å². The van der Waals surface area contributed by atoms with E-state index >= 15 is 0 Å². The van der Waals surface area contributed by atoms with Crippen molar-refractivity contribution in [1.82, 2.24) is 0 Å². The first kappa shape index (κ1) is 7.54. The van der Waals surface area contributed by atoms with Gasteiger partial charge >= 0.3 is 17.1 Å². The molecular weight excluding hydrogens is 144 g/mol. The van der Waals surface area contributed by atoms with Crippen LogP contribution >= 0.6 is 0 Å². The first-order chi connectivity index (χ1) is 3.39. The molecule has 0 aliphatic rings. The molecule has 42 valence electrons. The smallest absolute Gasteiger partial charge is 0.508 e. The van der Waals surface area contributed by atoms with Crippen molar-refractivity contribution in [3.63, 3.8) is 0 Å². The molecule has 0 aliphatic heterocycles. The first-order valence-electron chi connectivity index (χ1n) is 2.13. The van der Waals surface area contributed by atoms with E-state index in [4.69, 9.17) is 5.11 Å². The Labute approximate surface area is 58.8 Å². The maximum Gasteiger partial charge on any atom is 2.00 e. The van der Waals surface area contributed by atoms with E-state index in [1.807, 2.05) is 6.07 Å². The van der Waals surface area contributed by atoms with Crippen molar-refractivity contribution in [2.24, 2.45) is 0 Å². The van der Waals surface area contributed by atoms with Gasteiger partial charge in [-0.25, -0.2) is 0 Å². The molecule has 0 saturated carbocycles. The zero-order chi connectivity index (χ0) is 5.11. The van der Waals surface area contributed by atoms with E-state index in [0.29, 0.717) is 5.75 Å². The summed E-state index contributed by atoms with van der Waals surface area (Å²) in [6, 6.07) is 8.71. The second-order valence-electron chi connectivity index (χ2n) is 1.34. The minimum absolute atomic E-state index is 0. The Hall–Kier alpha value is -0.461. The molecule has 0 atom stereocenters. The van der Waals surface area contributed by atoms with Gasteiger partial charge in [-0.15, -0.1) is 0 Å². The fourth-order valence-electron chi connectivity index (χ4n) is 0.428. The van der Waals surface area contributed by atoms with Gasteiger partial charge in [0.1, 0.15) is 5.75 Å². The predicted octanol–water partition coefficient (Wildman–Crippen LogP) is 1.39. The van der Waals surface area contributed by atoms with Crippen LogP contribution in [0.2, 0.25) is 0 Å². The van der Waals surface area contributed by atoms with Crippen LogP contribution in [0, 0.1) is 0 Å². The van der Waals surface area contributed by atoms with Gasteiger partial charge < -0.3 is 5.11 Å². The average Bonchev–Trinajstić information content (AvgIpc) is 1.69. The van der Waals surface area contributed by atoms with Gasteiger partial charge in [-0.3, -0.25) is 0 Å². The van der Waals surface area contributed by atoms with Crippen molar-refractivity contribution >= 4 is 0 Å². The molecule has 1 aromatic rings. The largest absolute Gasteiger partial charge is 2.00 e. The number of phenolic OH excluding ortho intramolecular Hbond substituents is 1. The van der Waals surface area contributed by atoms with Crippen LogP contribution in [0.3, 0.4) is 0 Å². The fourth-order valence-corrected chi connectivity index (χ4v) is 0.428. The van der Waals surface area contributed by atoms with E-state index in [0.717, 1.165) is 0 Å². The third kappa shape index (κ3) is 2.01. The molecule has 1 aromatic carbocycles. The molecule has 0 spiro atoms. The molecule has 1 nitrogen and oxygen atoms in total. The Morgan fingerprint density at radius 2 is 1.50 bits per heavy atom. The van der Waals surface area contributed by atoms with Gasteiger partial charge in [0.2, 0.25) is 0 Å². The van der Waals surface area contributed by atoms with Crippen LogP contribution in [0.15, 0.2) is 30.3 Å². The topological polar surface area (TPSA) is 20.2 Å². The SMILES string of the molecule is Oc1ccccc1.[Fe+2]. The van der Waals surface area contributed by atoms with Crippen molar-refractivity contribution in [2.75, 3.05) is 0 Å². The molecule has 0 fully saturated rings. The number of hydrogen-bond acceptors (Lipinski definition) is 1. The summed E-state index contributed by atoms with van der Waals surface area (Å²) < 4.78 is 0. The number of rotatable bonds is 0. The Balaban J connectivity index is 0.000000490. The van der Waals surface area contributed by atoms with Gasteiger partial charge in [0.25, 0.3) is 0 Å². The summed E-state index contributed by atoms with van der Waals surface area (Å²) in [4.78, 5) is 0. The van der Waals surface area contributed by atoms with E-state index in [2.05, 4.69) is 0 Å². The molecule has 0 unspecified atom stereocenters. The molecule has 0 amide bonds. The summed E-state index contributed by atoms with van der Waals surface area (Å²) in [5.41, 5.74) is 0. The second kappa shape index (κ2) is 3.53. The van der Waals surface area contributed by atoms with Crippen LogP contribution in [0.5, 0.6) is 5.75 Å². The van der Waals surface area contributed by atoms with E-state index in [-0.39, 0.29) is 17.1 Å². The molecule has 1 rings (SSSR count). The number of benzene rings is 1. The number of hydrogen-bond donors (Lipinski definition) is 1. The summed E-state index contributed by atoms with van der Waals surface area (Å²) in [6.45, 7) is 0. The van der Waals surface area contributed by atoms with Crippen molar-refractivity contribution in [3.05, 3.63) is 30.3 Å². The molecule has 0 heterocycles. The zero-order valence-corrected chi connectivity index (χ0v) is 5.29. The molecule has 0 aliphatic carbocycles. The van der Waals surface area contributed by atoms with Gasteiger partial charge in [0.15, 0.2) is 0 Å². The normalized spacial score (nSPS) is 7.50. The van der Waals surface area contributed by atoms with Crippen molar-refractivity contribution in [3.8, 4) is 5.75 Å². The Morgan fingerprint density at radius 1 is 1.00 bits per heavy atom. The molecule has 1 N–H and O–H groups in total. The summed E-state index contributed by atoms with van der Waals surface area (Å²) in [5, 5.41) is 8.63. The third-order valence-electron chi connectivity index (χ3n) is 0.756. The van der Waals surface area contributed by atoms with Crippen LogP contribution in [0.25, 0.3) is 0 Å². The molecule has 0 aromatic heterocycles. The van der Waals surface area contributed by atoms with Gasteiger partial charge in [-0.1, -0.05) is 18.2 Å². The minimum atomic E-state index is 0. The van der Waals surface area contributed by atoms with Crippen LogP contribution in [0.1, 0.15) is 0 Å². The van der Waals surface area contributed by atoms with Gasteiger partial charge in [-0.2, -0.15) is 0 Å². The quantitative estimate of drug-likeness (QED) is 0.554.